The van der Waals surface area contributed by atoms with Gasteiger partial charge in [0, 0.05) is 37.9 Å². The zero-order valence-electron chi connectivity index (χ0n) is 13.9. The van der Waals surface area contributed by atoms with Gasteiger partial charge in [0.1, 0.15) is 5.76 Å². The smallest absolute Gasteiger partial charge is 0.287 e. The van der Waals surface area contributed by atoms with E-state index in [0.717, 1.165) is 12.1 Å². The summed E-state index contributed by atoms with van der Waals surface area (Å²) in [6.45, 7) is 4.07. The number of furan rings is 1. The van der Waals surface area contributed by atoms with Crippen molar-refractivity contribution in [2.75, 3.05) is 33.4 Å². The highest BCUT2D eigenvalue weighted by Crippen LogP contribution is 2.22. The first-order chi connectivity index (χ1) is 11.6. The van der Waals surface area contributed by atoms with E-state index in [9.17, 15) is 9.59 Å². The molecule has 24 heavy (non-hydrogen) atoms. The van der Waals surface area contributed by atoms with Crippen molar-refractivity contribution in [3.8, 4) is 11.3 Å². The molecule has 0 fully saturated rings. The van der Waals surface area contributed by atoms with E-state index in [-0.39, 0.29) is 17.5 Å². The maximum absolute atomic E-state index is 12.0. The Labute approximate surface area is 141 Å². The summed E-state index contributed by atoms with van der Waals surface area (Å²) in [5.41, 5.74) is 1.46. The van der Waals surface area contributed by atoms with Gasteiger partial charge in [-0.1, -0.05) is 24.3 Å². The van der Waals surface area contributed by atoms with Crippen molar-refractivity contribution in [1.82, 2.24) is 10.6 Å². The van der Waals surface area contributed by atoms with Gasteiger partial charge in [0.2, 0.25) is 0 Å². The average molecular weight is 330 g/mol. The maximum Gasteiger partial charge on any atom is 0.287 e. The molecule has 0 bridgehead atoms. The molecule has 0 unspecified atom stereocenters. The summed E-state index contributed by atoms with van der Waals surface area (Å²) in [6, 6.07) is 10.5. The van der Waals surface area contributed by atoms with E-state index >= 15 is 0 Å². The number of ketones is 1. The Kier molecular flexibility index (Phi) is 6.72. The first-order valence-corrected chi connectivity index (χ1v) is 7.81. The Balaban J connectivity index is 1.87. The number of benzene rings is 1. The van der Waals surface area contributed by atoms with Crippen LogP contribution in [0, 0.1) is 0 Å². The van der Waals surface area contributed by atoms with Gasteiger partial charge in [-0.25, -0.2) is 0 Å². The topological polar surface area (TPSA) is 80.6 Å². The van der Waals surface area contributed by atoms with Gasteiger partial charge in [-0.15, -0.1) is 0 Å². The maximum atomic E-state index is 12.0. The third kappa shape index (κ3) is 5.04. The van der Waals surface area contributed by atoms with Crippen molar-refractivity contribution in [2.24, 2.45) is 0 Å². The Hall–Kier alpha value is -2.44. The van der Waals surface area contributed by atoms with Crippen molar-refractivity contribution in [1.29, 1.82) is 0 Å². The molecule has 1 aromatic heterocycles. The quantitative estimate of drug-likeness (QED) is 0.544. The molecule has 2 aromatic rings. The van der Waals surface area contributed by atoms with E-state index in [2.05, 4.69) is 10.6 Å². The van der Waals surface area contributed by atoms with Gasteiger partial charge in [-0.2, -0.15) is 0 Å². The van der Waals surface area contributed by atoms with Crippen molar-refractivity contribution in [2.45, 2.75) is 6.92 Å². The summed E-state index contributed by atoms with van der Waals surface area (Å²) in [6.07, 6.45) is 0. The van der Waals surface area contributed by atoms with E-state index < -0.39 is 0 Å². The van der Waals surface area contributed by atoms with Gasteiger partial charge in [-0.05, 0) is 19.1 Å². The summed E-state index contributed by atoms with van der Waals surface area (Å²) in [4.78, 5) is 23.3. The van der Waals surface area contributed by atoms with Crippen LogP contribution in [0.2, 0.25) is 0 Å². The van der Waals surface area contributed by atoms with Crippen LogP contribution in [0.25, 0.3) is 11.3 Å². The first kappa shape index (κ1) is 17.9. The molecule has 6 heteroatoms. The van der Waals surface area contributed by atoms with E-state index in [1.807, 2.05) is 0 Å². The Bertz CT molecular complexity index is 677. The standard InChI is InChI=1S/C18H22N2O4/c1-13(21)14-3-5-15(6-4-14)16-7-8-17(24-16)18(22)20-10-9-19-11-12-23-2/h3-8,19H,9-12H2,1-2H3,(H,20,22). The molecular weight excluding hydrogens is 308 g/mol. The van der Waals surface area contributed by atoms with E-state index in [0.29, 0.717) is 31.0 Å². The van der Waals surface area contributed by atoms with Crippen LogP contribution in [0.1, 0.15) is 27.8 Å². The lowest BCUT2D eigenvalue weighted by Gasteiger charge is -2.05. The van der Waals surface area contributed by atoms with Crippen LogP contribution in [-0.2, 0) is 4.74 Å². The molecule has 128 valence electrons. The summed E-state index contributed by atoms with van der Waals surface area (Å²) in [5.74, 6) is 0.612. The van der Waals surface area contributed by atoms with Crippen LogP contribution in [0.15, 0.2) is 40.8 Å². The molecule has 1 heterocycles. The molecule has 0 spiro atoms. The number of rotatable bonds is 9. The Morgan fingerprint density at radius 1 is 1.04 bits per heavy atom. The molecular formula is C18H22N2O4. The number of Topliss-reactive ketones (excluding diaryl/α,β-unsaturated/α-hetero) is 1. The third-order valence-electron chi connectivity index (χ3n) is 3.48. The van der Waals surface area contributed by atoms with E-state index in [4.69, 9.17) is 9.15 Å². The molecule has 0 aliphatic heterocycles. The lowest BCUT2D eigenvalue weighted by molar-refractivity contribution is 0.0926. The molecule has 0 atom stereocenters. The second-order valence-electron chi connectivity index (χ2n) is 5.30. The minimum atomic E-state index is -0.254. The summed E-state index contributed by atoms with van der Waals surface area (Å²) in [7, 11) is 1.64. The zero-order chi connectivity index (χ0) is 17.4. The number of amides is 1. The van der Waals surface area contributed by atoms with Crippen LogP contribution in [0.4, 0.5) is 0 Å². The zero-order valence-corrected chi connectivity index (χ0v) is 13.9. The fourth-order valence-electron chi connectivity index (χ4n) is 2.14. The number of methoxy groups -OCH3 is 1. The van der Waals surface area contributed by atoms with Gasteiger partial charge < -0.3 is 19.8 Å². The molecule has 1 aromatic carbocycles. The van der Waals surface area contributed by atoms with Crippen molar-refractivity contribution >= 4 is 11.7 Å². The summed E-state index contributed by atoms with van der Waals surface area (Å²) in [5, 5.41) is 5.92. The van der Waals surface area contributed by atoms with Gasteiger partial charge in [0.15, 0.2) is 11.5 Å². The molecule has 1 amide bonds. The number of ether oxygens (including phenoxy) is 1. The fourth-order valence-corrected chi connectivity index (χ4v) is 2.14. The predicted octanol–water partition coefficient (Wildman–Crippen LogP) is 2.12. The number of hydrogen-bond acceptors (Lipinski definition) is 5. The summed E-state index contributed by atoms with van der Waals surface area (Å²) >= 11 is 0. The molecule has 0 saturated carbocycles. The van der Waals surface area contributed by atoms with Crippen LogP contribution in [-0.4, -0.2) is 45.0 Å². The van der Waals surface area contributed by atoms with Gasteiger partial charge in [-0.3, -0.25) is 9.59 Å². The van der Waals surface area contributed by atoms with Gasteiger partial charge in [0.05, 0.1) is 6.61 Å². The molecule has 0 aliphatic rings. The van der Waals surface area contributed by atoms with Crippen LogP contribution >= 0.6 is 0 Å². The van der Waals surface area contributed by atoms with Crippen LogP contribution < -0.4 is 10.6 Å². The highest BCUT2D eigenvalue weighted by atomic mass is 16.5. The van der Waals surface area contributed by atoms with Gasteiger partial charge >= 0.3 is 0 Å². The van der Waals surface area contributed by atoms with E-state index in [1.165, 1.54) is 6.92 Å². The van der Waals surface area contributed by atoms with Crippen molar-refractivity contribution in [3.63, 3.8) is 0 Å². The average Bonchev–Trinajstić information content (AvgIpc) is 3.08. The molecule has 0 radical (unpaired) electrons. The number of carbonyl (C=O) groups excluding carboxylic acids is 2. The number of hydrogen-bond donors (Lipinski definition) is 2. The number of carbonyl (C=O) groups is 2. The molecule has 2 N–H and O–H groups in total. The SMILES string of the molecule is COCCNCCNC(=O)c1ccc(-c2ccc(C(C)=O)cc2)o1. The normalized spacial score (nSPS) is 10.6. The largest absolute Gasteiger partial charge is 0.451 e. The van der Waals surface area contributed by atoms with Crippen molar-refractivity contribution in [3.05, 3.63) is 47.7 Å². The fraction of sp³-hybridized carbons (Fsp3) is 0.333. The second kappa shape index (κ2) is 9.00. The second-order valence-corrected chi connectivity index (χ2v) is 5.30. The highest BCUT2D eigenvalue weighted by Gasteiger charge is 2.12. The van der Waals surface area contributed by atoms with Crippen LogP contribution in [0.5, 0.6) is 0 Å². The van der Waals surface area contributed by atoms with E-state index in [1.54, 1.807) is 43.5 Å². The first-order valence-electron chi connectivity index (χ1n) is 7.81. The lowest BCUT2D eigenvalue weighted by atomic mass is 10.1. The Morgan fingerprint density at radius 3 is 2.46 bits per heavy atom. The molecule has 2 rings (SSSR count). The monoisotopic (exact) mass is 330 g/mol. The van der Waals surface area contributed by atoms with Crippen LogP contribution in [0.3, 0.4) is 0 Å². The molecule has 0 saturated heterocycles. The summed E-state index contributed by atoms with van der Waals surface area (Å²) < 4.78 is 10.5. The Morgan fingerprint density at radius 2 is 1.79 bits per heavy atom. The lowest BCUT2D eigenvalue weighted by Crippen LogP contribution is -2.32. The minimum Gasteiger partial charge on any atom is -0.451 e. The predicted molar refractivity (Wildman–Crippen MR) is 91.2 cm³/mol. The highest BCUT2D eigenvalue weighted by molar-refractivity contribution is 5.94. The van der Waals surface area contributed by atoms with Crippen molar-refractivity contribution < 1.29 is 18.7 Å². The third-order valence-corrected chi connectivity index (χ3v) is 3.48. The number of nitrogens with one attached hydrogen (secondary N) is 2. The van der Waals surface area contributed by atoms with Gasteiger partial charge in [0.25, 0.3) is 5.91 Å². The molecule has 6 nitrogen and oxygen atoms in total. The minimum absolute atomic E-state index is 0.0140. The molecule has 0 aliphatic carbocycles.